The van der Waals surface area contributed by atoms with Crippen molar-refractivity contribution in [1.29, 1.82) is 0 Å². The van der Waals surface area contributed by atoms with Crippen LogP contribution in [-0.4, -0.2) is 6.54 Å². The molecule has 19 heavy (non-hydrogen) atoms. The van der Waals surface area contributed by atoms with Crippen molar-refractivity contribution in [2.75, 3.05) is 6.54 Å². The molecule has 1 nitrogen and oxygen atoms in total. The molecular formula is C14H14Br2FNS. The van der Waals surface area contributed by atoms with Crippen LogP contribution in [0, 0.1) is 5.82 Å². The second-order valence-corrected chi connectivity index (χ2v) is 6.82. The van der Waals surface area contributed by atoms with Crippen LogP contribution in [0.1, 0.15) is 29.8 Å². The van der Waals surface area contributed by atoms with Gasteiger partial charge < -0.3 is 5.32 Å². The normalized spacial score (nSPS) is 12.6. The van der Waals surface area contributed by atoms with E-state index in [0.29, 0.717) is 10.0 Å². The molecule has 1 aromatic carbocycles. The van der Waals surface area contributed by atoms with Gasteiger partial charge in [-0.15, -0.1) is 11.3 Å². The lowest BCUT2D eigenvalue weighted by molar-refractivity contribution is 0.547. The highest BCUT2D eigenvalue weighted by atomic mass is 79.9. The molecule has 0 amide bonds. The van der Waals surface area contributed by atoms with E-state index in [1.807, 2.05) is 23.6 Å². The van der Waals surface area contributed by atoms with Crippen LogP contribution in [0.3, 0.4) is 0 Å². The highest BCUT2D eigenvalue weighted by Crippen LogP contribution is 2.35. The molecule has 0 fully saturated rings. The Morgan fingerprint density at radius 1 is 1.26 bits per heavy atom. The lowest BCUT2D eigenvalue weighted by Crippen LogP contribution is -2.23. The number of thiophene rings is 1. The molecule has 5 heteroatoms. The fourth-order valence-corrected chi connectivity index (χ4v) is 3.96. The molecule has 0 aliphatic carbocycles. The van der Waals surface area contributed by atoms with Gasteiger partial charge in [0.2, 0.25) is 0 Å². The molecule has 0 radical (unpaired) electrons. The van der Waals surface area contributed by atoms with E-state index < -0.39 is 0 Å². The standard InChI is InChI=1S/C14H14Br2FNS/c1-2-7-18-13(14-11(16)6-8-19-14)9-4-3-5-10(15)12(9)17/h3-6,8,13,18H,2,7H2,1H3. The number of benzene rings is 1. The third kappa shape index (κ3) is 3.45. The predicted molar refractivity (Wildman–Crippen MR) is 86.3 cm³/mol. The van der Waals surface area contributed by atoms with Crippen molar-refractivity contribution in [3.63, 3.8) is 0 Å². The molecule has 0 aliphatic heterocycles. The fourth-order valence-electron chi connectivity index (χ4n) is 1.89. The van der Waals surface area contributed by atoms with Gasteiger partial charge in [0, 0.05) is 14.9 Å². The largest absolute Gasteiger partial charge is 0.305 e. The van der Waals surface area contributed by atoms with Gasteiger partial charge in [0.15, 0.2) is 0 Å². The number of hydrogen-bond donors (Lipinski definition) is 1. The van der Waals surface area contributed by atoms with Crippen molar-refractivity contribution in [2.24, 2.45) is 0 Å². The first-order chi connectivity index (χ1) is 9.15. The molecule has 1 heterocycles. The van der Waals surface area contributed by atoms with Crippen LogP contribution in [0.4, 0.5) is 4.39 Å². The second-order valence-electron chi connectivity index (χ2n) is 4.16. The molecule has 1 aromatic heterocycles. The molecule has 0 saturated carbocycles. The van der Waals surface area contributed by atoms with Gasteiger partial charge in [0.1, 0.15) is 5.82 Å². The summed E-state index contributed by atoms with van der Waals surface area (Å²) < 4.78 is 15.8. The minimum absolute atomic E-state index is 0.119. The first-order valence-corrected chi connectivity index (χ1v) is 8.52. The van der Waals surface area contributed by atoms with Gasteiger partial charge in [-0.05, 0) is 62.3 Å². The molecule has 0 aliphatic rings. The van der Waals surface area contributed by atoms with Gasteiger partial charge in [0.05, 0.1) is 10.5 Å². The van der Waals surface area contributed by atoms with E-state index in [4.69, 9.17) is 0 Å². The average molecular weight is 407 g/mol. The smallest absolute Gasteiger partial charge is 0.142 e. The Morgan fingerprint density at radius 2 is 2.05 bits per heavy atom. The quantitative estimate of drug-likeness (QED) is 0.690. The van der Waals surface area contributed by atoms with Gasteiger partial charge in [-0.2, -0.15) is 0 Å². The molecule has 1 atom stereocenters. The Bertz CT molecular complexity index is 556. The lowest BCUT2D eigenvalue weighted by atomic mass is 10.0. The van der Waals surface area contributed by atoms with Crippen molar-refractivity contribution in [3.8, 4) is 0 Å². The number of nitrogens with one attached hydrogen (secondary N) is 1. The number of hydrogen-bond acceptors (Lipinski definition) is 2. The Labute approximate surface area is 133 Å². The summed E-state index contributed by atoms with van der Waals surface area (Å²) >= 11 is 8.41. The van der Waals surface area contributed by atoms with Crippen LogP contribution in [0.5, 0.6) is 0 Å². The van der Waals surface area contributed by atoms with Crippen molar-refractivity contribution in [3.05, 3.63) is 54.8 Å². The molecule has 0 spiro atoms. The number of rotatable bonds is 5. The molecule has 2 aromatic rings. The summed E-state index contributed by atoms with van der Waals surface area (Å²) in [6.45, 7) is 2.95. The first kappa shape index (κ1) is 15.2. The molecular weight excluding hydrogens is 393 g/mol. The maximum absolute atomic E-state index is 14.3. The highest BCUT2D eigenvalue weighted by molar-refractivity contribution is 9.10. The SMILES string of the molecule is CCCNC(c1cccc(Br)c1F)c1sccc1Br. The molecule has 1 N–H and O–H groups in total. The van der Waals surface area contributed by atoms with Gasteiger partial charge in [-0.3, -0.25) is 0 Å². The highest BCUT2D eigenvalue weighted by Gasteiger charge is 2.21. The zero-order valence-electron chi connectivity index (χ0n) is 10.4. The van der Waals surface area contributed by atoms with Crippen molar-refractivity contribution in [1.82, 2.24) is 5.32 Å². The van der Waals surface area contributed by atoms with Crippen molar-refractivity contribution in [2.45, 2.75) is 19.4 Å². The zero-order valence-corrected chi connectivity index (χ0v) is 14.4. The maximum atomic E-state index is 14.3. The van der Waals surface area contributed by atoms with E-state index >= 15 is 0 Å². The Balaban J connectivity index is 2.43. The Kier molecular flexibility index (Phi) is 5.57. The molecule has 102 valence electrons. The minimum atomic E-state index is -0.198. The van der Waals surface area contributed by atoms with Crippen LogP contribution in [0.2, 0.25) is 0 Å². The summed E-state index contributed by atoms with van der Waals surface area (Å²) in [5, 5.41) is 5.43. The summed E-state index contributed by atoms with van der Waals surface area (Å²) in [7, 11) is 0. The summed E-state index contributed by atoms with van der Waals surface area (Å²) in [5.41, 5.74) is 0.672. The molecule has 1 unspecified atom stereocenters. The van der Waals surface area contributed by atoms with E-state index in [9.17, 15) is 4.39 Å². The van der Waals surface area contributed by atoms with Gasteiger partial charge in [0.25, 0.3) is 0 Å². The van der Waals surface area contributed by atoms with Gasteiger partial charge in [-0.1, -0.05) is 19.1 Å². The van der Waals surface area contributed by atoms with Crippen LogP contribution in [0.25, 0.3) is 0 Å². The summed E-state index contributed by atoms with van der Waals surface area (Å²) in [5.74, 6) is -0.198. The van der Waals surface area contributed by atoms with E-state index in [-0.39, 0.29) is 11.9 Å². The average Bonchev–Trinajstić information content (AvgIpc) is 2.81. The van der Waals surface area contributed by atoms with Crippen LogP contribution in [-0.2, 0) is 0 Å². The summed E-state index contributed by atoms with van der Waals surface area (Å²) in [4.78, 5) is 1.10. The monoisotopic (exact) mass is 405 g/mol. The van der Waals surface area contributed by atoms with E-state index in [0.717, 1.165) is 22.3 Å². The molecule has 0 bridgehead atoms. The molecule has 0 saturated heterocycles. The van der Waals surface area contributed by atoms with Gasteiger partial charge >= 0.3 is 0 Å². The first-order valence-electron chi connectivity index (χ1n) is 6.05. The lowest BCUT2D eigenvalue weighted by Gasteiger charge is -2.19. The number of halogens is 3. The van der Waals surface area contributed by atoms with E-state index in [1.165, 1.54) is 0 Å². The van der Waals surface area contributed by atoms with E-state index in [2.05, 4.69) is 44.1 Å². The summed E-state index contributed by atoms with van der Waals surface area (Å²) in [6.07, 6.45) is 1.01. The predicted octanol–water partition coefficient (Wildman–Crippen LogP) is 5.50. The van der Waals surface area contributed by atoms with Crippen LogP contribution in [0.15, 0.2) is 38.6 Å². The molecule has 2 rings (SSSR count). The van der Waals surface area contributed by atoms with Crippen molar-refractivity contribution < 1.29 is 4.39 Å². The van der Waals surface area contributed by atoms with E-state index in [1.54, 1.807) is 17.4 Å². The maximum Gasteiger partial charge on any atom is 0.142 e. The minimum Gasteiger partial charge on any atom is -0.305 e. The third-order valence-electron chi connectivity index (χ3n) is 2.80. The zero-order chi connectivity index (χ0) is 13.8. The van der Waals surface area contributed by atoms with Gasteiger partial charge in [-0.25, -0.2) is 4.39 Å². The second kappa shape index (κ2) is 6.97. The topological polar surface area (TPSA) is 12.0 Å². The van der Waals surface area contributed by atoms with Crippen LogP contribution >= 0.6 is 43.2 Å². The van der Waals surface area contributed by atoms with Crippen molar-refractivity contribution >= 4 is 43.2 Å². The fraction of sp³-hybridized carbons (Fsp3) is 0.286. The Hall–Kier alpha value is -0.230. The third-order valence-corrected chi connectivity index (χ3v) is 5.35. The van der Waals surface area contributed by atoms with Crippen LogP contribution < -0.4 is 5.32 Å². The Morgan fingerprint density at radius 3 is 2.68 bits per heavy atom. The summed E-state index contributed by atoms with van der Waals surface area (Å²) in [6, 6.07) is 7.30.